The Morgan fingerprint density at radius 2 is 1.88 bits per heavy atom. The van der Waals surface area contributed by atoms with Gasteiger partial charge in [0.1, 0.15) is 5.92 Å². The number of hydrogen-bond donors (Lipinski definition) is 0. The van der Waals surface area contributed by atoms with Gasteiger partial charge in [0.25, 0.3) is 0 Å². The van der Waals surface area contributed by atoms with Crippen molar-refractivity contribution in [3.05, 3.63) is 0 Å². The Labute approximate surface area is 103 Å². The molecule has 1 unspecified atom stereocenters. The van der Waals surface area contributed by atoms with Crippen molar-refractivity contribution >= 4 is 11.9 Å². The highest BCUT2D eigenvalue weighted by molar-refractivity contribution is 5.98. The van der Waals surface area contributed by atoms with Crippen molar-refractivity contribution in [2.75, 3.05) is 13.7 Å². The van der Waals surface area contributed by atoms with Crippen LogP contribution in [0.15, 0.2) is 0 Å². The van der Waals surface area contributed by atoms with Crippen molar-refractivity contribution in [2.45, 2.75) is 46.6 Å². The van der Waals surface area contributed by atoms with Gasteiger partial charge >= 0.3 is 5.97 Å². The normalized spacial score (nSPS) is 17.5. The molecular weight excluding hydrogens is 218 g/mol. The minimum atomic E-state index is -0.701. The molecule has 1 amide bonds. The summed E-state index contributed by atoms with van der Waals surface area (Å²) in [6, 6.07) is 0.321. The molecule has 0 radical (unpaired) electrons. The van der Waals surface area contributed by atoms with Crippen LogP contribution in [0.4, 0.5) is 0 Å². The molecule has 4 heteroatoms. The molecule has 98 valence electrons. The fourth-order valence-corrected chi connectivity index (χ4v) is 1.90. The van der Waals surface area contributed by atoms with Crippen LogP contribution in [0.3, 0.4) is 0 Å². The molecular formula is C13H23NO3. The highest BCUT2D eigenvalue weighted by atomic mass is 16.5. The lowest BCUT2D eigenvalue weighted by atomic mass is 9.80. The average molecular weight is 241 g/mol. The van der Waals surface area contributed by atoms with Crippen molar-refractivity contribution in [1.82, 2.24) is 4.90 Å². The fraction of sp³-hybridized carbons (Fsp3) is 0.846. The quantitative estimate of drug-likeness (QED) is 0.557. The third-order valence-electron chi connectivity index (χ3n) is 3.08. The molecule has 0 aliphatic heterocycles. The molecule has 4 nitrogen and oxygen atoms in total. The first-order valence-corrected chi connectivity index (χ1v) is 6.22. The minimum absolute atomic E-state index is 0.113. The maximum absolute atomic E-state index is 12.3. The van der Waals surface area contributed by atoms with Gasteiger partial charge in [0.2, 0.25) is 5.91 Å². The number of nitrogens with zero attached hydrogens (tertiary/aromatic N) is 1. The molecule has 0 spiro atoms. The maximum Gasteiger partial charge on any atom is 0.319 e. The van der Waals surface area contributed by atoms with E-state index in [2.05, 4.69) is 0 Å². The Balaban J connectivity index is 2.81. The molecule has 0 aromatic rings. The molecule has 1 fully saturated rings. The summed E-state index contributed by atoms with van der Waals surface area (Å²) in [7, 11) is 1.78. The number of ether oxygens (including phenoxy) is 1. The predicted octanol–water partition coefficient (Wildman–Crippen LogP) is 1.83. The Bertz CT molecular complexity index is 302. The monoisotopic (exact) mass is 241 g/mol. The Morgan fingerprint density at radius 1 is 1.35 bits per heavy atom. The van der Waals surface area contributed by atoms with E-state index in [0.29, 0.717) is 12.6 Å². The molecule has 0 heterocycles. The maximum atomic E-state index is 12.3. The van der Waals surface area contributed by atoms with Crippen molar-refractivity contribution in [1.29, 1.82) is 0 Å². The summed E-state index contributed by atoms with van der Waals surface area (Å²) in [6.45, 7) is 7.76. The highest BCUT2D eigenvalue weighted by Crippen LogP contribution is 2.33. The molecule has 1 aliphatic carbocycles. The van der Waals surface area contributed by atoms with Crippen LogP contribution in [0.5, 0.6) is 0 Å². The standard InChI is InChI=1S/C13H23NO3/c1-6-17-12(16)10(13(2,3)4)11(15)14(5)9-7-8-9/h9-10H,6-8H2,1-5H3. The summed E-state index contributed by atoms with van der Waals surface area (Å²) in [5.41, 5.74) is -0.410. The van der Waals surface area contributed by atoms with Crippen LogP contribution in [-0.2, 0) is 14.3 Å². The summed E-state index contributed by atoms with van der Waals surface area (Å²) >= 11 is 0. The number of carbonyl (C=O) groups excluding carboxylic acids is 2. The second-order valence-electron chi connectivity index (χ2n) is 5.73. The van der Waals surface area contributed by atoms with Crippen LogP contribution >= 0.6 is 0 Å². The van der Waals surface area contributed by atoms with E-state index in [-0.39, 0.29) is 5.91 Å². The van der Waals surface area contributed by atoms with E-state index in [1.54, 1.807) is 18.9 Å². The second-order valence-corrected chi connectivity index (χ2v) is 5.73. The molecule has 0 aromatic carbocycles. The number of carbonyl (C=O) groups is 2. The van der Waals surface area contributed by atoms with E-state index in [9.17, 15) is 9.59 Å². The molecule has 17 heavy (non-hydrogen) atoms. The molecule has 0 saturated heterocycles. The lowest BCUT2D eigenvalue weighted by Gasteiger charge is -2.31. The molecule has 0 N–H and O–H groups in total. The zero-order valence-electron chi connectivity index (χ0n) is 11.4. The lowest BCUT2D eigenvalue weighted by molar-refractivity contribution is -0.160. The van der Waals surface area contributed by atoms with Crippen LogP contribution in [0, 0.1) is 11.3 Å². The SMILES string of the molecule is CCOC(=O)C(C(=O)N(C)C1CC1)C(C)(C)C. The average Bonchev–Trinajstić information content (AvgIpc) is 2.97. The van der Waals surface area contributed by atoms with E-state index < -0.39 is 17.3 Å². The third kappa shape index (κ3) is 3.45. The Morgan fingerprint density at radius 3 is 2.24 bits per heavy atom. The van der Waals surface area contributed by atoms with Crippen molar-refractivity contribution < 1.29 is 14.3 Å². The Kier molecular flexibility index (Phi) is 4.17. The van der Waals surface area contributed by atoms with Crippen LogP contribution in [0.1, 0.15) is 40.5 Å². The highest BCUT2D eigenvalue weighted by Gasteiger charge is 2.43. The molecule has 1 saturated carbocycles. The van der Waals surface area contributed by atoms with Crippen molar-refractivity contribution in [2.24, 2.45) is 11.3 Å². The van der Waals surface area contributed by atoms with Crippen molar-refractivity contribution in [3.63, 3.8) is 0 Å². The van der Waals surface area contributed by atoms with Gasteiger partial charge in [0, 0.05) is 13.1 Å². The van der Waals surface area contributed by atoms with E-state index in [0.717, 1.165) is 12.8 Å². The fourth-order valence-electron chi connectivity index (χ4n) is 1.90. The van der Waals surface area contributed by atoms with E-state index in [4.69, 9.17) is 4.74 Å². The number of hydrogen-bond acceptors (Lipinski definition) is 3. The van der Waals surface area contributed by atoms with Gasteiger partial charge in [-0.3, -0.25) is 9.59 Å². The number of esters is 1. The summed E-state index contributed by atoms with van der Waals surface area (Å²) in [5.74, 6) is -1.22. The molecule has 1 rings (SSSR count). The zero-order valence-corrected chi connectivity index (χ0v) is 11.4. The molecule has 0 aromatic heterocycles. The first-order valence-electron chi connectivity index (χ1n) is 6.22. The van der Waals surface area contributed by atoms with Gasteiger partial charge in [-0.05, 0) is 25.2 Å². The van der Waals surface area contributed by atoms with Gasteiger partial charge in [0.15, 0.2) is 0 Å². The van der Waals surface area contributed by atoms with Gasteiger partial charge in [-0.25, -0.2) is 0 Å². The zero-order chi connectivity index (χ0) is 13.2. The second kappa shape index (κ2) is 5.07. The van der Waals surface area contributed by atoms with Crippen LogP contribution in [0.2, 0.25) is 0 Å². The van der Waals surface area contributed by atoms with E-state index >= 15 is 0 Å². The van der Waals surface area contributed by atoms with Gasteiger partial charge in [0.05, 0.1) is 6.61 Å². The topological polar surface area (TPSA) is 46.6 Å². The molecule has 0 bridgehead atoms. The minimum Gasteiger partial charge on any atom is -0.465 e. The lowest BCUT2D eigenvalue weighted by Crippen LogP contribution is -2.45. The van der Waals surface area contributed by atoms with Crippen LogP contribution in [0.25, 0.3) is 0 Å². The molecule has 1 aliphatic rings. The van der Waals surface area contributed by atoms with Crippen molar-refractivity contribution in [3.8, 4) is 0 Å². The van der Waals surface area contributed by atoms with Gasteiger partial charge in [-0.15, -0.1) is 0 Å². The third-order valence-corrected chi connectivity index (χ3v) is 3.08. The molecule has 1 atom stereocenters. The first kappa shape index (κ1) is 14.0. The Hall–Kier alpha value is -1.06. The van der Waals surface area contributed by atoms with Gasteiger partial charge < -0.3 is 9.64 Å². The number of rotatable bonds is 4. The predicted molar refractivity (Wildman–Crippen MR) is 65.4 cm³/mol. The summed E-state index contributed by atoms with van der Waals surface area (Å²) in [6.07, 6.45) is 2.09. The summed E-state index contributed by atoms with van der Waals surface area (Å²) < 4.78 is 5.02. The van der Waals surface area contributed by atoms with E-state index in [1.165, 1.54) is 0 Å². The number of amides is 1. The van der Waals surface area contributed by atoms with Gasteiger partial charge in [-0.2, -0.15) is 0 Å². The summed E-state index contributed by atoms with van der Waals surface area (Å²) in [4.78, 5) is 25.9. The smallest absolute Gasteiger partial charge is 0.319 e. The summed E-state index contributed by atoms with van der Waals surface area (Å²) in [5, 5.41) is 0. The first-order chi connectivity index (χ1) is 7.79. The largest absolute Gasteiger partial charge is 0.465 e. The van der Waals surface area contributed by atoms with Gasteiger partial charge in [-0.1, -0.05) is 20.8 Å². The van der Waals surface area contributed by atoms with Crippen LogP contribution < -0.4 is 0 Å². The van der Waals surface area contributed by atoms with E-state index in [1.807, 2.05) is 20.8 Å². The van der Waals surface area contributed by atoms with Crippen LogP contribution in [-0.4, -0.2) is 36.5 Å².